The fourth-order valence-corrected chi connectivity index (χ4v) is 4.04. The number of rotatable bonds is 9. The minimum atomic E-state index is -0.694. The highest BCUT2D eigenvalue weighted by molar-refractivity contribution is 9.10. The summed E-state index contributed by atoms with van der Waals surface area (Å²) in [6, 6.07) is 9.42. The topological polar surface area (TPSA) is 69.6 Å². The van der Waals surface area contributed by atoms with Gasteiger partial charge in [0.05, 0.1) is 30.9 Å². The van der Waals surface area contributed by atoms with Gasteiger partial charge in [0.1, 0.15) is 25.0 Å². The number of nitrogens with zero attached hydrogens (tertiary/aromatic N) is 2. The molecule has 0 bridgehead atoms. The van der Waals surface area contributed by atoms with Crippen molar-refractivity contribution in [1.29, 1.82) is 0 Å². The molecule has 0 N–H and O–H groups in total. The quantitative estimate of drug-likeness (QED) is 0.493. The van der Waals surface area contributed by atoms with Crippen LogP contribution in [0.1, 0.15) is 24.2 Å². The molecule has 2 aromatic carbocycles. The van der Waals surface area contributed by atoms with Gasteiger partial charge in [-0.1, -0.05) is 6.07 Å². The minimum absolute atomic E-state index is 0.00548. The number of carbonyl (C=O) groups is 1. The van der Waals surface area contributed by atoms with Gasteiger partial charge in [0, 0.05) is 19.9 Å². The second kappa shape index (κ2) is 10.6. The summed E-state index contributed by atoms with van der Waals surface area (Å²) >= 11 is 3.46. The molecule has 3 rings (SSSR count). The molecule has 1 unspecified atom stereocenters. The van der Waals surface area contributed by atoms with Crippen LogP contribution in [-0.4, -0.2) is 59.6 Å². The molecule has 1 heterocycles. The van der Waals surface area contributed by atoms with Crippen LogP contribution in [0.15, 0.2) is 39.8 Å². The minimum Gasteiger partial charge on any atom is -0.493 e. The first-order valence-corrected chi connectivity index (χ1v) is 10.8. The summed E-state index contributed by atoms with van der Waals surface area (Å²) < 4.78 is 22.9. The van der Waals surface area contributed by atoms with Crippen molar-refractivity contribution in [1.82, 2.24) is 0 Å². The van der Waals surface area contributed by atoms with E-state index in [4.69, 9.17) is 18.9 Å². The number of likely N-dealkylation sites (N-methyl/N-ethyl adjacent to an activating group) is 1. The van der Waals surface area contributed by atoms with Crippen LogP contribution in [0.3, 0.4) is 0 Å². The fourth-order valence-electron chi connectivity index (χ4n) is 3.42. The number of hydrogen-bond donors (Lipinski definition) is 0. The number of Topliss-reactive ketones (excluding diaryl/α,β-unsaturated/α-hetero) is 1. The van der Waals surface area contributed by atoms with Crippen molar-refractivity contribution in [2.75, 3.05) is 52.5 Å². The Morgan fingerprint density at radius 3 is 2.81 bits per heavy atom. The summed E-state index contributed by atoms with van der Waals surface area (Å²) in [6.07, 6.45) is 0.943. The summed E-state index contributed by atoms with van der Waals surface area (Å²) in [4.78, 5) is 19.4. The third-order valence-electron chi connectivity index (χ3n) is 4.95. The van der Waals surface area contributed by atoms with Gasteiger partial charge in [-0.05, 0) is 58.2 Å². The number of ketones is 1. The highest BCUT2D eigenvalue weighted by Crippen LogP contribution is 2.36. The molecule has 0 saturated heterocycles. The Kier molecular flexibility index (Phi) is 7.92. The van der Waals surface area contributed by atoms with Gasteiger partial charge in [-0.25, -0.2) is 0 Å². The highest BCUT2D eigenvalue weighted by Gasteiger charge is 2.23. The number of hydrogen-bond acceptors (Lipinski definition) is 7. The second-order valence-corrected chi connectivity index (χ2v) is 7.86. The predicted molar refractivity (Wildman–Crippen MR) is 124 cm³/mol. The number of ether oxygens (including phenoxy) is 4. The maximum Gasteiger partial charge on any atom is 0.187 e. The Balaban J connectivity index is 1.75. The molecule has 7 nitrogen and oxygen atoms in total. The zero-order valence-electron chi connectivity index (χ0n) is 18.2. The van der Waals surface area contributed by atoms with Crippen LogP contribution in [0.4, 0.5) is 5.69 Å². The van der Waals surface area contributed by atoms with Gasteiger partial charge in [-0.15, -0.1) is 0 Å². The smallest absolute Gasteiger partial charge is 0.187 e. The van der Waals surface area contributed by atoms with Crippen LogP contribution in [0, 0.1) is 0 Å². The van der Waals surface area contributed by atoms with Gasteiger partial charge >= 0.3 is 0 Å². The molecule has 0 radical (unpaired) electrons. The van der Waals surface area contributed by atoms with Crippen molar-refractivity contribution in [2.24, 2.45) is 4.99 Å². The van der Waals surface area contributed by atoms with Crippen molar-refractivity contribution in [3.05, 3.63) is 45.9 Å². The molecule has 1 atom stereocenters. The maximum absolute atomic E-state index is 12.9. The first kappa shape index (κ1) is 23.1. The van der Waals surface area contributed by atoms with Crippen LogP contribution < -0.4 is 19.1 Å². The molecular weight excluding hydrogens is 464 g/mol. The van der Waals surface area contributed by atoms with Crippen molar-refractivity contribution in [3.8, 4) is 17.2 Å². The zero-order valence-corrected chi connectivity index (χ0v) is 19.8. The normalized spacial score (nSPS) is 14.2. The summed E-state index contributed by atoms with van der Waals surface area (Å²) in [6.45, 7) is 3.73. The lowest BCUT2D eigenvalue weighted by atomic mass is 10.0. The maximum atomic E-state index is 12.9. The monoisotopic (exact) mass is 490 g/mol. The van der Waals surface area contributed by atoms with E-state index in [0.29, 0.717) is 24.7 Å². The second-order valence-electron chi connectivity index (χ2n) is 7.01. The molecule has 0 aliphatic carbocycles. The molecule has 2 aromatic rings. The van der Waals surface area contributed by atoms with Gasteiger partial charge in [0.25, 0.3) is 0 Å². The fraction of sp³-hybridized carbons (Fsp3) is 0.391. The molecule has 0 fully saturated rings. The average molecular weight is 491 g/mol. The number of anilines is 1. The predicted octanol–water partition coefficient (Wildman–Crippen LogP) is 4.06. The van der Waals surface area contributed by atoms with Gasteiger partial charge in [0.15, 0.2) is 17.3 Å². The number of aliphatic imine (C=N–C) groups is 1. The number of carbonyl (C=O) groups excluding carboxylic acids is 1. The summed E-state index contributed by atoms with van der Waals surface area (Å²) in [5.41, 5.74) is 2.57. The molecule has 1 aliphatic heterocycles. The lowest BCUT2D eigenvalue weighted by molar-refractivity contribution is -0.129. The van der Waals surface area contributed by atoms with Gasteiger partial charge in [-0.3, -0.25) is 9.79 Å². The first-order chi connectivity index (χ1) is 15.0. The first-order valence-electron chi connectivity index (χ1n) is 10.0. The third kappa shape index (κ3) is 5.37. The van der Waals surface area contributed by atoms with Crippen LogP contribution in [0.5, 0.6) is 17.2 Å². The van der Waals surface area contributed by atoms with E-state index < -0.39 is 6.10 Å². The number of methoxy groups -OCH3 is 2. The lowest BCUT2D eigenvalue weighted by Gasteiger charge is -2.28. The third-order valence-corrected chi connectivity index (χ3v) is 5.54. The molecule has 31 heavy (non-hydrogen) atoms. The molecule has 0 amide bonds. The summed E-state index contributed by atoms with van der Waals surface area (Å²) in [5.74, 6) is 1.83. The van der Waals surface area contributed by atoms with Crippen LogP contribution in [0.2, 0.25) is 0 Å². The van der Waals surface area contributed by atoms with Gasteiger partial charge in [0.2, 0.25) is 0 Å². The van der Waals surface area contributed by atoms with Crippen molar-refractivity contribution >= 4 is 33.6 Å². The van der Waals surface area contributed by atoms with E-state index in [1.54, 1.807) is 26.5 Å². The summed E-state index contributed by atoms with van der Waals surface area (Å²) in [7, 11) is 5.17. The van der Waals surface area contributed by atoms with Gasteiger partial charge < -0.3 is 23.8 Å². The molecule has 1 aliphatic rings. The molecule has 0 spiro atoms. The Hall–Kier alpha value is -2.58. The van der Waals surface area contributed by atoms with Crippen molar-refractivity contribution < 1.29 is 23.7 Å². The van der Waals surface area contributed by atoms with E-state index in [2.05, 4.69) is 25.8 Å². The van der Waals surface area contributed by atoms with Crippen molar-refractivity contribution in [2.45, 2.75) is 13.0 Å². The number of halogens is 1. The average Bonchev–Trinajstić information content (AvgIpc) is 2.76. The van der Waals surface area contributed by atoms with E-state index in [1.807, 2.05) is 38.2 Å². The molecule has 166 valence electrons. The molecule has 8 heteroatoms. The Morgan fingerprint density at radius 2 is 2.10 bits per heavy atom. The van der Waals surface area contributed by atoms with E-state index in [9.17, 15) is 4.79 Å². The lowest BCUT2D eigenvalue weighted by Crippen LogP contribution is -2.29. The summed E-state index contributed by atoms with van der Waals surface area (Å²) in [5, 5.41) is 0. The Labute approximate surface area is 191 Å². The Bertz CT molecular complexity index is 963. The van der Waals surface area contributed by atoms with E-state index in [-0.39, 0.29) is 12.3 Å². The van der Waals surface area contributed by atoms with E-state index >= 15 is 0 Å². The van der Waals surface area contributed by atoms with E-state index in [1.165, 1.54) is 0 Å². The SMILES string of the molecule is CCOC(C(=O)CN=Cc1cc(Br)c(OC)c(OC)c1)c1ccc2c(c1)OCCN2C. The van der Waals surface area contributed by atoms with Gasteiger partial charge in [-0.2, -0.15) is 0 Å². The largest absolute Gasteiger partial charge is 0.493 e. The Morgan fingerprint density at radius 1 is 1.29 bits per heavy atom. The molecule has 0 aromatic heterocycles. The standard InChI is InChI=1S/C23H27BrN2O5/c1-5-30-22(16-6-7-18-20(12-16)31-9-8-26(18)2)19(27)14-25-13-15-10-17(24)23(29-4)21(11-15)28-3/h6-7,10-13,22H,5,8-9,14H2,1-4H3. The highest BCUT2D eigenvalue weighted by atomic mass is 79.9. The number of benzene rings is 2. The molecular formula is C23H27BrN2O5. The zero-order chi connectivity index (χ0) is 22.4. The molecule has 0 saturated carbocycles. The van der Waals surface area contributed by atoms with Crippen LogP contribution in [0.25, 0.3) is 0 Å². The van der Waals surface area contributed by atoms with Crippen LogP contribution in [-0.2, 0) is 9.53 Å². The van der Waals surface area contributed by atoms with Crippen molar-refractivity contribution in [3.63, 3.8) is 0 Å². The van der Waals surface area contributed by atoms with E-state index in [0.717, 1.165) is 33.6 Å². The number of fused-ring (bicyclic) bond motifs is 1. The van der Waals surface area contributed by atoms with Crippen LogP contribution >= 0.6 is 15.9 Å².